The molecular weight excluding hydrogens is 485 g/mol. The van der Waals surface area contributed by atoms with Gasteiger partial charge in [-0.25, -0.2) is 15.1 Å². The van der Waals surface area contributed by atoms with Crippen molar-refractivity contribution in [2.24, 2.45) is 5.92 Å². The Morgan fingerprint density at radius 1 is 1.14 bits per heavy atom. The number of ether oxygens (including phenoxy) is 1. The molecule has 1 aromatic carbocycles. The highest BCUT2D eigenvalue weighted by Gasteiger charge is 2.39. The summed E-state index contributed by atoms with van der Waals surface area (Å²) in [5, 5.41) is 16.1. The number of rotatable bonds is 8. The minimum absolute atomic E-state index is 0.109. The number of carboxylic acid groups (broad SMARTS) is 1. The highest BCUT2D eigenvalue weighted by Crippen LogP contribution is 2.21. The Morgan fingerprint density at radius 2 is 1.78 bits per heavy atom. The SMILES string of the molecule is CC(C)C(C(=O)NO)N1CCN(Cc2ccc(OCc3cccnc3)cc2)C1=O.O=C(O)C(F)(F)F. The molecule has 0 radical (unpaired) electrons. The van der Waals surface area contributed by atoms with E-state index in [0.717, 1.165) is 16.9 Å². The Bertz CT molecular complexity index is 1020. The fraction of sp³-hybridized carbons (Fsp3) is 0.391. The number of pyridine rings is 1. The lowest BCUT2D eigenvalue weighted by atomic mass is 10.0. The zero-order chi connectivity index (χ0) is 26.9. The van der Waals surface area contributed by atoms with Crippen LogP contribution in [0, 0.1) is 5.92 Å². The van der Waals surface area contributed by atoms with Crippen LogP contribution in [-0.4, -0.2) is 68.3 Å². The molecule has 0 saturated carbocycles. The van der Waals surface area contributed by atoms with Gasteiger partial charge in [-0.3, -0.25) is 15.0 Å². The molecule has 1 fully saturated rings. The van der Waals surface area contributed by atoms with Crippen LogP contribution in [0.25, 0.3) is 0 Å². The second-order valence-electron chi connectivity index (χ2n) is 8.16. The molecule has 1 saturated heterocycles. The van der Waals surface area contributed by atoms with Crippen LogP contribution in [0.15, 0.2) is 48.8 Å². The summed E-state index contributed by atoms with van der Waals surface area (Å²) in [6.07, 6.45) is -1.60. The van der Waals surface area contributed by atoms with Gasteiger partial charge in [-0.15, -0.1) is 0 Å². The summed E-state index contributed by atoms with van der Waals surface area (Å²) in [6, 6.07) is 10.5. The van der Waals surface area contributed by atoms with E-state index >= 15 is 0 Å². The number of hydrogen-bond donors (Lipinski definition) is 3. The van der Waals surface area contributed by atoms with Gasteiger partial charge in [0.2, 0.25) is 0 Å². The lowest BCUT2D eigenvalue weighted by Gasteiger charge is -2.29. The smallest absolute Gasteiger partial charge is 0.489 e. The highest BCUT2D eigenvalue weighted by molar-refractivity contribution is 5.87. The molecule has 3 N–H and O–H groups in total. The average molecular weight is 512 g/mol. The molecule has 36 heavy (non-hydrogen) atoms. The van der Waals surface area contributed by atoms with E-state index in [1.807, 2.05) is 50.2 Å². The summed E-state index contributed by atoms with van der Waals surface area (Å²) < 4.78 is 37.5. The van der Waals surface area contributed by atoms with Crippen molar-refractivity contribution in [3.05, 3.63) is 59.9 Å². The van der Waals surface area contributed by atoms with E-state index in [4.69, 9.17) is 19.8 Å². The number of carbonyl (C=O) groups excluding carboxylic acids is 2. The number of urea groups is 1. The van der Waals surface area contributed by atoms with Gasteiger partial charge >= 0.3 is 18.2 Å². The number of hydrogen-bond acceptors (Lipinski definition) is 6. The number of nitrogens with one attached hydrogen (secondary N) is 1. The Labute approximate surface area is 205 Å². The molecule has 3 amide bonds. The van der Waals surface area contributed by atoms with Crippen LogP contribution in [0.3, 0.4) is 0 Å². The van der Waals surface area contributed by atoms with E-state index in [1.165, 1.54) is 4.90 Å². The molecule has 2 aromatic rings. The first-order valence-electron chi connectivity index (χ1n) is 10.8. The molecule has 0 aliphatic carbocycles. The van der Waals surface area contributed by atoms with Crippen LogP contribution in [0.5, 0.6) is 5.75 Å². The van der Waals surface area contributed by atoms with Gasteiger partial charge in [0.15, 0.2) is 0 Å². The first kappa shape index (κ1) is 28.4. The molecular formula is C23H27F3N4O6. The number of benzene rings is 1. The Morgan fingerprint density at radius 3 is 2.28 bits per heavy atom. The summed E-state index contributed by atoms with van der Waals surface area (Å²) in [7, 11) is 0. The van der Waals surface area contributed by atoms with E-state index in [1.54, 1.807) is 22.8 Å². The van der Waals surface area contributed by atoms with Crippen molar-refractivity contribution in [3.63, 3.8) is 0 Å². The zero-order valence-electron chi connectivity index (χ0n) is 19.6. The fourth-order valence-corrected chi connectivity index (χ4v) is 3.44. The van der Waals surface area contributed by atoms with Crippen LogP contribution in [0.2, 0.25) is 0 Å². The Balaban J connectivity index is 0.000000572. The van der Waals surface area contributed by atoms with Gasteiger partial charge in [-0.2, -0.15) is 13.2 Å². The van der Waals surface area contributed by atoms with Crippen LogP contribution in [0.4, 0.5) is 18.0 Å². The summed E-state index contributed by atoms with van der Waals surface area (Å²) >= 11 is 0. The molecule has 0 spiro atoms. The molecule has 1 atom stereocenters. The van der Waals surface area contributed by atoms with E-state index in [0.29, 0.717) is 26.2 Å². The minimum Gasteiger partial charge on any atom is -0.489 e. The number of alkyl halides is 3. The van der Waals surface area contributed by atoms with E-state index < -0.39 is 24.1 Å². The van der Waals surface area contributed by atoms with Crippen LogP contribution in [-0.2, 0) is 22.7 Å². The first-order chi connectivity index (χ1) is 16.9. The van der Waals surface area contributed by atoms with Gasteiger partial charge in [-0.05, 0) is 29.7 Å². The second-order valence-corrected chi connectivity index (χ2v) is 8.16. The molecule has 10 nitrogen and oxygen atoms in total. The van der Waals surface area contributed by atoms with E-state index in [9.17, 15) is 22.8 Å². The number of carbonyl (C=O) groups is 3. The quantitative estimate of drug-likeness (QED) is 0.366. The Hall–Kier alpha value is -3.87. The van der Waals surface area contributed by atoms with Crippen molar-refractivity contribution >= 4 is 17.9 Å². The maximum atomic E-state index is 12.8. The van der Waals surface area contributed by atoms with Crippen molar-refractivity contribution in [3.8, 4) is 5.75 Å². The van der Waals surface area contributed by atoms with E-state index in [2.05, 4.69) is 4.98 Å². The van der Waals surface area contributed by atoms with E-state index in [-0.39, 0.29) is 11.9 Å². The predicted octanol–water partition coefficient (Wildman–Crippen LogP) is 3.06. The number of aromatic nitrogens is 1. The van der Waals surface area contributed by atoms with Gasteiger partial charge in [0.25, 0.3) is 5.91 Å². The van der Waals surface area contributed by atoms with Crippen LogP contribution >= 0.6 is 0 Å². The molecule has 196 valence electrons. The third-order valence-electron chi connectivity index (χ3n) is 5.14. The first-order valence-corrected chi connectivity index (χ1v) is 10.8. The predicted molar refractivity (Wildman–Crippen MR) is 120 cm³/mol. The molecule has 1 aliphatic rings. The maximum absolute atomic E-state index is 12.8. The van der Waals surface area contributed by atoms with Gasteiger partial charge in [0.05, 0.1) is 0 Å². The van der Waals surface area contributed by atoms with Crippen LogP contribution < -0.4 is 10.2 Å². The summed E-state index contributed by atoms with van der Waals surface area (Å²) in [6.45, 7) is 5.56. The third kappa shape index (κ3) is 8.12. The maximum Gasteiger partial charge on any atom is 0.490 e. The number of nitrogens with zero attached hydrogens (tertiary/aromatic N) is 3. The standard InChI is InChI=1S/C21H26N4O4.C2HF3O2/c1-15(2)19(20(26)23-28)25-11-10-24(21(25)27)13-16-5-7-18(8-6-16)29-14-17-4-3-9-22-12-17;3-2(4,5)1(6)7/h3-9,12,15,19,28H,10-11,13-14H2,1-2H3,(H,23,26);(H,6,7). The molecule has 3 rings (SSSR count). The normalized spacial score (nSPS) is 14.2. The van der Waals surface area contributed by atoms with Crippen molar-refractivity contribution in [1.82, 2.24) is 20.3 Å². The van der Waals surface area contributed by atoms with Crippen molar-refractivity contribution in [2.75, 3.05) is 13.1 Å². The minimum atomic E-state index is -5.08. The third-order valence-corrected chi connectivity index (χ3v) is 5.14. The lowest BCUT2D eigenvalue weighted by molar-refractivity contribution is -0.192. The van der Waals surface area contributed by atoms with Crippen molar-refractivity contribution in [2.45, 2.75) is 39.2 Å². The molecule has 2 heterocycles. The van der Waals surface area contributed by atoms with Crippen molar-refractivity contribution in [1.29, 1.82) is 0 Å². The molecule has 0 bridgehead atoms. The Kier molecular flexibility index (Phi) is 10.0. The summed E-state index contributed by atoms with van der Waals surface area (Å²) in [5.74, 6) is -2.69. The van der Waals surface area contributed by atoms with Gasteiger partial charge in [-0.1, -0.05) is 32.0 Å². The molecule has 13 heteroatoms. The summed E-state index contributed by atoms with van der Waals surface area (Å²) in [4.78, 5) is 40.9. The summed E-state index contributed by atoms with van der Waals surface area (Å²) in [5.41, 5.74) is 3.63. The van der Waals surface area contributed by atoms with Gasteiger partial charge in [0, 0.05) is 37.6 Å². The topological polar surface area (TPSA) is 132 Å². The van der Waals surface area contributed by atoms with Crippen LogP contribution in [0.1, 0.15) is 25.0 Å². The molecule has 1 aliphatic heterocycles. The monoisotopic (exact) mass is 512 g/mol. The second kappa shape index (κ2) is 12.7. The molecule has 1 unspecified atom stereocenters. The number of carboxylic acids is 1. The van der Waals surface area contributed by atoms with Gasteiger partial charge in [0.1, 0.15) is 18.4 Å². The highest BCUT2D eigenvalue weighted by atomic mass is 19.4. The number of aliphatic carboxylic acids is 1. The zero-order valence-corrected chi connectivity index (χ0v) is 19.6. The molecule has 1 aromatic heterocycles. The largest absolute Gasteiger partial charge is 0.490 e. The number of halogens is 3. The fourth-order valence-electron chi connectivity index (χ4n) is 3.44. The average Bonchev–Trinajstić information content (AvgIpc) is 3.18. The number of hydroxylamine groups is 1. The lowest BCUT2D eigenvalue weighted by Crippen LogP contribution is -2.50. The number of amides is 3. The van der Waals surface area contributed by atoms with Crippen molar-refractivity contribution < 1.29 is 42.6 Å². The van der Waals surface area contributed by atoms with Gasteiger partial charge < -0.3 is 19.6 Å².